The number of hydrogen-bond donors (Lipinski definition) is 1. The van der Waals surface area contributed by atoms with E-state index in [0.29, 0.717) is 29.7 Å². The summed E-state index contributed by atoms with van der Waals surface area (Å²) < 4.78 is 12.1. The Labute approximate surface area is 156 Å². The molecular weight excluding hydrogens is 342 g/mol. The maximum atomic E-state index is 6.48. The first-order valence-corrected chi connectivity index (χ1v) is 8.45. The van der Waals surface area contributed by atoms with Gasteiger partial charge in [0.05, 0.1) is 19.4 Å². The van der Waals surface area contributed by atoms with Crippen molar-refractivity contribution in [1.82, 2.24) is 19.6 Å². The third kappa shape index (κ3) is 3.09. The van der Waals surface area contributed by atoms with E-state index in [2.05, 4.69) is 15.1 Å². The lowest BCUT2D eigenvalue weighted by molar-refractivity contribution is 0.182. The number of ether oxygens (including phenoxy) is 2. The van der Waals surface area contributed by atoms with E-state index >= 15 is 0 Å². The van der Waals surface area contributed by atoms with Crippen LogP contribution in [0, 0.1) is 0 Å². The van der Waals surface area contributed by atoms with E-state index in [1.807, 2.05) is 54.6 Å². The van der Waals surface area contributed by atoms with E-state index in [1.165, 1.54) is 0 Å². The Morgan fingerprint density at radius 3 is 2.33 bits per heavy atom. The molecule has 2 N–H and O–H groups in total. The van der Waals surface area contributed by atoms with Crippen LogP contribution in [0.25, 0.3) is 28.3 Å². The van der Waals surface area contributed by atoms with Gasteiger partial charge in [-0.25, -0.2) is 4.98 Å². The van der Waals surface area contributed by atoms with Gasteiger partial charge in [0.1, 0.15) is 11.6 Å². The van der Waals surface area contributed by atoms with E-state index in [9.17, 15) is 0 Å². The molecule has 2 aromatic carbocycles. The molecule has 2 heterocycles. The number of nitrogens with two attached hydrogens (primary N) is 1. The summed E-state index contributed by atoms with van der Waals surface area (Å²) in [7, 11) is 3.26. The third-order valence-corrected chi connectivity index (χ3v) is 4.29. The first-order chi connectivity index (χ1) is 13.2. The molecule has 0 aliphatic rings. The summed E-state index contributed by atoms with van der Waals surface area (Å²) in [4.78, 5) is 9.18. The van der Waals surface area contributed by atoms with Gasteiger partial charge in [-0.15, -0.1) is 5.10 Å². The summed E-state index contributed by atoms with van der Waals surface area (Å²) in [6.07, 6.45) is 0. The summed E-state index contributed by atoms with van der Waals surface area (Å²) >= 11 is 0. The molecule has 0 amide bonds. The Morgan fingerprint density at radius 1 is 0.926 bits per heavy atom. The Kier molecular flexibility index (Phi) is 4.43. The average molecular weight is 361 g/mol. The minimum Gasteiger partial charge on any atom is -0.497 e. The van der Waals surface area contributed by atoms with E-state index < -0.39 is 0 Å². The molecule has 2 aromatic heterocycles. The Hall–Kier alpha value is -3.45. The predicted molar refractivity (Wildman–Crippen MR) is 103 cm³/mol. The van der Waals surface area contributed by atoms with E-state index in [4.69, 9.17) is 15.2 Å². The van der Waals surface area contributed by atoms with Crippen molar-refractivity contribution in [3.8, 4) is 28.3 Å². The highest BCUT2D eigenvalue weighted by atomic mass is 16.5. The van der Waals surface area contributed by atoms with Gasteiger partial charge < -0.3 is 15.2 Å². The summed E-state index contributed by atoms with van der Waals surface area (Å²) in [5.74, 6) is 2.25. The molecule has 0 saturated carbocycles. The van der Waals surface area contributed by atoms with Crippen molar-refractivity contribution < 1.29 is 9.47 Å². The van der Waals surface area contributed by atoms with Crippen LogP contribution in [0.2, 0.25) is 0 Å². The standard InChI is InChI=1S/C20H19N5O2/c1-26-12-16-17(13-8-10-15(27-2)11-9-13)18(21)25-20(22-16)23-19(24-25)14-6-4-3-5-7-14/h3-11H,12,21H2,1-2H3. The molecule has 7 nitrogen and oxygen atoms in total. The number of benzene rings is 2. The molecule has 0 aliphatic heterocycles. The summed E-state index contributed by atoms with van der Waals surface area (Å²) in [6.45, 7) is 0.315. The molecule has 0 spiro atoms. The molecule has 4 rings (SSSR count). The van der Waals surface area contributed by atoms with Gasteiger partial charge in [0.25, 0.3) is 5.78 Å². The highest BCUT2D eigenvalue weighted by Gasteiger charge is 2.18. The van der Waals surface area contributed by atoms with Crippen LogP contribution in [0.1, 0.15) is 5.69 Å². The molecule has 27 heavy (non-hydrogen) atoms. The van der Waals surface area contributed by atoms with Gasteiger partial charge in [0.2, 0.25) is 0 Å². The van der Waals surface area contributed by atoms with Crippen LogP contribution in [0.5, 0.6) is 5.75 Å². The van der Waals surface area contributed by atoms with Crippen molar-refractivity contribution in [2.24, 2.45) is 0 Å². The Bertz CT molecular complexity index is 1080. The quantitative estimate of drug-likeness (QED) is 0.587. The highest BCUT2D eigenvalue weighted by Crippen LogP contribution is 2.31. The minimum absolute atomic E-state index is 0.315. The molecule has 7 heteroatoms. The topological polar surface area (TPSA) is 87.6 Å². The number of aromatic nitrogens is 4. The van der Waals surface area contributed by atoms with Gasteiger partial charge in [-0.05, 0) is 17.7 Å². The van der Waals surface area contributed by atoms with Crippen LogP contribution in [0.15, 0.2) is 54.6 Å². The molecular formula is C20H19N5O2. The number of methoxy groups -OCH3 is 2. The zero-order valence-corrected chi connectivity index (χ0v) is 15.1. The summed E-state index contributed by atoms with van der Waals surface area (Å²) in [6, 6.07) is 17.4. The first-order valence-electron chi connectivity index (χ1n) is 8.45. The van der Waals surface area contributed by atoms with Gasteiger partial charge in [0.15, 0.2) is 5.82 Å². The first kappa shape index (κ1) is 17.0. The lowest BCUT2D eigenvalue weighted by atomic mass is 10.0. The molecule has 0 bridgehead atoms. The minimum atomic E-state index is 0.315. The van der Waals surface area contributed by atoms with Crippen molar-refractivity contribution in [1.29, 1.82) is 0 Å². The van der Waals surface area contributed by atoms with E-state index in [-0.39, 0.29) is 0 Å². The van der Waals surface area contributed by atoms with Crippen LogP contribution < -0.4 is 10.5 Å². The lowest BCUT2D eigenvalue weighted by Crippen LogP contribution is -2.08. The normalized spacial score (nSPS) is 11.0. The highest BCUT2D eigenvalue weighted by molar-refractivity contribution is 5.78. The Balaban J connectivity index is 1.91. The van der Waals surface area contributed by atoms with Crippen molar-refractivity contribution in [2.75, 3.05) is 20.0 Å². The van der Waals surface area contributed by atoms with Gasteiger partial charge in [0, 0.05) is 18.2 Å². The molecule has 4 aromatic rings. The van der Waals surface area contributed by atoms with Crippen LogP contribution >= 0.6 is 0 Å². The molecule has 136 valence electrons. The maximum Gasteiger partial charge on any atom is 0.255 e. The van der Waals surface area contributed by atoms with Crippen LogP contribution in [0.3, 0.4) is 0 Å². The molecule has 0 unspecified atom stereocenters. The van der Waals surface area contributed by atoms with Gasteiger partial charge in [-0.1, -0.05) is 42.5 Å². The average Bonchev–Trinajstić information content (AvgIpc) is 3.14. The zero-order valence-electron chi connectivity index (χ0n) is 15.1. The van der Waals surface area contributed by atoms with E-state index in [1.54, 1.807) is 18.7 Å². The second kappa shape index (κ2) is 7.05. The van der Waals surface area contributed by atoms with Crippen LogP contribution in [-0.2, 0) is 11.3 Å². The lowest BCUT2D eigenvalue weighted by Gasteiger charge is -2.12. The molecule has 0 radical (unpaired) electrons. The number of anilines is 1. The number of nitrogens with zero attached hydrogens (tertiary/aromatic N) is 4. The second-order valence-electron chi connectivity index (χ2n) is 5.99. The van der Waals surface area contributed by atoms with Gasteiger partial charge in [-0.2, -0.15) is 9.50 Å². The third-order valence-electron chi connectivity index (χ3n) is 4.29. The van der Waals surface area contributed by atoms with Gasteiger partial charge >= 0.3 is 0 Å². The fourth-order valence-electron chi connectivity index (χ4n) is 2.99. The van der Waals surface area contributed by atoms with Gasteiger partial charge in [-0.3, -0.25) is 0 Å². The fraction of sp³-hybridized carbons (Fsp3) is 0.150. The molecule has 0 fully saturated rings. The molecule has 0 saturated heterocycles. The SMILES string of the molecule is COCc1nc2nc(-c3ccccc3)nn2c(N)c1-c1ccc(OC)cc1. The second-order valence-corrected chi connectivity index (χ2v) is 5.99. The van der Waals surface area contributed by atoms with Crippen molar-refractivity contribution in [3.63, 3.8) is 0 Å². The van der Waals surface area contributed by atoms with Crippen molar-refractivity contribution >= 4 is 11.6 Å². The monoisotopic (exact) mass is 361 g/mol. The summed E-state index contributed by atoms with van der Waals surface area (Å²) in [5.41, 5.74) is 9.77. The Morgan fingerprint density at radius 2 is 1.67 bits per heavy atom. The molecule has 0 atom stereocenters. The zero-order chi connectivity index (χ0) is 18.8. The largest absolute Gasteiger partial charge is 0.497 e. The number of hydrogen-bond acceptors (Lipinski definition) is 6. The smallest absolute Gasteiger partial charge is 0.255 e. The maximum absolute atomic E-state index is 6.48. The molecule has 0 aliphatic carbocycles. The van der Waals surface area contributed by atoms with E-state index in [0.717, 1.165) is 22.4 Å². The number of nitrogen functional groups attached to an aromatic ring is 1. The fourth-order valence-corrected chi connectivity index (χ4v) is 2.99. The van der Waals surface area contributed by atoms with Crippen LogP contribution in [-0.4, -0.2) is 33.8 Å². The number of fused-ring (bicyclic) bond motifs is 1. The summed E-state index contributed by atoms with van der Waals surface area (Å²) in [5, 5.41) is 4.56. The number of rotatable bonds is 5. The van der Waals surface area contributed by atoms with Crippen LogP contribution in [0.4, 0.5) is 5.82 Å². The van der Waals surface area contributed by atoms with Crippen molar-refractivity contribution in [3.05, 3.63) is 60.3 Å². The predicted octanol–water partition coefficient (Wildman–Crippen LogP) is 3.20. The van der Waals surface area contributed by atoms with Crippen molar-refractivity contribution in [2.45, 2.75) is 6.61 Å².